The number of ether oxygens (including phenoxy) is 1. The molecule has 218 valence electrons. The van der Waals surface area contributed by atoms with Crippen LogP contribution in [0, 0.1) is 11.6 Å². The number of anilines is 1. The zero-order valence-corrected chi connectivity index (χ0v) is 23.9. The fourth-order valence-electron chi connectivity index (χ4n) is 8.03. The number of hydrogen-bond donors (Lipinski definition) is 1. The number of benzene rings is 2. The first-order chi connectivity index (χ1) is 20.4. The number of fused-ring (bicyclic) bond motifs is 4. The van der Waals surface area contributed by atoms with E-state index in [4.69, 9.17) is 9.72 Å². The number of aryl methyl sites for hydroxylation is 1. The highest BCUT2D eigenvalue weighted by molar-refractivity contribution is 6.01. The lowest BCUT2D eigenvalue weighted by molar-refractivity contribution is 0.107. The topological polar surface area (TPSA) is 74.6 Å². The summed E-state index contributed by atoms with van der Waals surface area (Å²) in [5, 5.41) is 12.9. The van der Waals surface area contributed by atoms with Gasteiger partial charge in [0.15, 0.2) is 5.82 Å². The summed E-state index contributed by atoms with van der Waals surface area (Å²) in [7, 11) is 0. The van der Waals surface area contributed by atoms with Crippen LogP contribution in [0.1, 0.15) is 57.4 Å². The fraction of sp³-hybridized carbons (Fsp3) is 0.485. The van der Waals surface area contributed by atoms with Gasteiger partial charge < -0.3 is 14.7 Å². The molecule has 8 rings (SSSR count). The summed E-state index contributed by atoms with van der Waals surface area (Å²) in [5.74, 6) is -0.336. The molecule has 1 saturated carbocycles. The maximum atomic E-state index is 16.7. The van der Waals surface area contributed by atoms with Gasteiger partial charge in [-0.15, -0.1) is 0 Å². The van der Waals surface area contributed by atoms with E-state index >= 15 is 4.39 Å². The van der Waals surface area contributed by atoms with Crippen molar-refractivity contribution < 1.29 is 18.6 Å². The molecule has 2 atom stereocenters. The largest absolute Gasteiger partial charge is 0.461 e. The molecule has 42 heavy (non-hydrogen) atoms. The molecule has 1 unspecified atom stereocenters. The number of hydrogen-bond acceptors (Lipinski definition) is 7. The second-order valence-corrected chi connectivity index (χ2v) is 12.6. The van der Waals surface area contributed by atoms with E-state index in [1.807, 2.05) is 19.1 Å². The number of aliphatic hydroxyl groups is 1. The van der Waals surface area contributed by atoms with Crippen molar-refractivity contribution in [2.24, 2.45) is 0 Å². The van der Waals surface area contributed by atoms with Crippen LogP contribution < -0.4 is 9.64 Å². The monoisotopic (exact) mass is 571 g/mol. The predicted molar refractivity (Wildman–Crippen MR) is 158 cm³/mol. The molecule has 4 fully saturated rings. The first kappa shape index (κ1) is 26.2. The molecule has 2 aromatic heterocycles. The van der Waals surface area contributed by atoms with Crippen LogP contribution >= 0.6 is 0 Å². The fourth-order valence-corrected chi connectivity index (χ4v) is 8.03. The van der Waals surface area contributed by atoms with Gasteiger partial charge in [-0.3, -0.25) is 9.88 Å². The van der Waals surface area contributed by atoms with Gasteiger partial charge in [0.05, 0.1) is 22.6 Å². The molecule has 9 heteroatoms. The van der Waals surface area contributed by atoms with Crippen molar-refractivity contribution in [1.82, 2.24) is 19.9 Å². The van der Waals surface area contributed by atoms with Crippen LogP contribution in [0.2, 0.25) is 0 Å². The Kier molecular flexibility index (Phi) is 5.96. The lowest BCUT2D eigenvalue weighted by Crippen LogP contribution is -2.43. The Morgan fingerprint density at radius 1 is 1.02 bits per heavy atom. The van der Waals surface area contributed by atoms with Crippen LogP contribution in [-0.2, 0) is 6.42 Å². The van der Waals surface area contributed by atoms with Crippen molar-refractivity contribution in [3.05, 3.63) is 53.7 Å². The average Bonchev–Trinajstić information content (AvgIpc) is 3.32. The summed E-state index contributed by atoms with van der Waals surface area (Å²) in [4.78, 5) is 18.7. The van der Waals surface area contributed by atoms with Gasteiger partial charge in [0.2, 0.25) is 0 Å². The summed E-state index contributed by atoms with van der Waals surface area (Å²) in [6.07, 6.45) is 8.80. The number of piperidine rings is 1. The summed E-state index contributed by atoms with van der Waals surface area (Å²) >= 11 is 0. The molecule has 5 heterocycles. The van der Waals surface area contributed by atoms with Crippen molar-refractivity contribution in [3.8, 4) is 17.3 Å². The first-order valence-corrected chi connectivity index (χ1v) is 15.3. The molecule has 0 bridgehead atoms. The van der Waals surface area contributed by atoms with Gasteiger partial charge in [0.25, 0.3) is 0 Å². The molecule has 1 aliphatic carbocycles. The highest BCUT2D eigenvalue weighted by atomic mass is 19.1. The Balaban J connectivity index is 1.28. The van der Waals surface area contributed by atoms with Gasteiger partial charge >= 0.3 is 6.01 Å². The lowest BCUT2D eigenvalue weighted by atomic mass is 9.95. The molecule has 2 aromatic carbocycles. The molecular weight excluding hydrogens is 536 g/mol. The van der Waals surface area contributed by atoms with Crippen molar-refractivity contribution in [1.29, 1.82) is 0 Å². The molecule has 3 aliphatic heterocycles. The van der Waals surface area contributed by atoms with E-state index in [9.17, 15) is 9.50 Å². The second-order valence-electron chi connectivity index (χ2n) is 12.6. The third-order valence-electron chi connectivity index (χ3n) is 10.3. The summed E-state index contributed by atoms with van der Waals surface area (Å²) in [6, 6.07) is 8.81. The van der Waals surface area contributed by atoms with Crippen molar-refractivity contribution in [2.45, 2.75) is 75.5 Å². The van der Waals surface area contributed by atoms with E-state index in [0.717, 1.165) is 57.0 Å². The van der Waals surface area contributed by atoms with Crippen molar-refractivity contribution in [3.63, 3.8) is 0 Å². The first-order valence-electron chi connectivity index (χ1n) is 15.3. The van der Waals surface area contributed by atoms with Crippen LogP contribution in [0.25, 0.3) is 32.9 Å². The van der Waals surface area contributed by atoms with E-state index in [1.54, 1.807) is 18.3 Å². The predicted octanol–water partition coefficient (Wildman–Crippen LogP) is 5.80. The Bertz CT molecular complexity index is 1720. The standard InChI is InChI=1S/C33H35F2N5O2/c1-2-21-24(34)10-9-20-7-3-8-22(26(20)21)28-27(35)29-23(18-36-28)30(40-16-6-13-33(41)17-25(33)40)38-31(37-29)42-19-32-11-4-14-39(32)15-5-12-32/h3,7-10,18,25,41H,2,4-6,11-17,19H2,1H3/t25?,33-/m0/s1. The molecular formula is C33H35F2N5O2. The Labute approximate surface area is 243 Å². The molecule has 3 saturated heterocycles. The maximum absolute atomic E-state index is 16.7. The van der Waals surface area contributed by atoms with E-state index in [0.29, 0.717) is 53.7 Å². The molecule has 0 spiro atoms. The molecule has 4 aromatic rings. The maximum Gasteiger partial charge on any atom is 0.319 e. The van der Waals surface area contributed by atoms with Crippen LogP contribution in [0.5, 0.6) is 6.01 Å². The van der Waals surface area contributed by atoms with E-state index in [1.165, 1.54) is 6.07 Å². The molecule has 4 aliphatic rings. The minimum atomic E-state index is -0.723. The normalized spacial score (nSPS) is 24.8. The van der Waals surface area contributed by atoms with Gasteiger partial charge in [0.1, 0.15) is 29.5 Å². The molecule has 0 radical (unpaired) electrons. The van der Waals surface area contributed by atoms with E-state index in [2.05, 4.69) is 19.8 Å². The Hall–Kier alpha value is -3.43. The summed E-state index contributed by atoms with van der Waals surface area (Å²) in [6.45, 7) is 5.23. The number of rotatable bonds is 6. The van der Waals surface area contributed by atoms with Gasteiger partial charge in [0, 0.05) is 24.7 Å². The zero-order valence-electron chi connectivity index (χ0n) is 23.9. The third kappa shape index (κ3) is 3.93. The number of pyridine rings is 1. The van der Waals surface area contributed by atoms with Gasteiger partial charge in [-0.2, -0.15) is 9.97 Å². The van der Waals surface area contributed by atoms with E-state index < -0.39 is 11.4 Å². The van der Waals surface area contributed by atoms with Gasteiger partial charge in [-0.1, -0.05) is 31.2 Å². The van der Waals surface area contributed by atoms with Crippen LogP contribution in [-0.4, -0.2) is 68.4 Å². The second kappa shape index (κ2) is 9.54. The van der Waals surface area contributed by atoms with Crippen LogP contribution in [0.3, 0.4) is 0 Å². The third-order valence-corrected chi connectivity index (χ3v) is 10.3. The summed E-state index contributed by atoms with van der Waals surface area (Å²) < 4.78 is 37.9. The minimum absolute atomic E-state index is 0.00806. The van der Waals surface area contributed by atoms with Crippen LogP contribution in [0.15, 0.2) is 36.5 Å². The number of halogens is 2. The highest BCUT2D eigenvalue weighted by Crippen LogP contribution is 2.50. The van der Waals surface area contributed by atoms with Crippen molar-refractivity contribution in [2.75, 3.05) is 31.1 Å². The summed E-state index contributed by atoms with van der Waals surface area (Å²) in [5.41, 5.74) is 0.600. The van der Waals surface area contributed by atoms with Gasteiger partial charge in [-0.05, 0) is 80.4 Å². The quantitative estimate of drug-likeness (QED) is 0.314. The number of nitrogens with zero attached hydrogens (tertiary/aromatic N) is 5. The van der Waals surface area contributed by atoms with Gasteiger partial charge in [-0.25, -0.2) is 8.78 Å². The molecule has 7 nitrogen and oxygen atoms in total. The smallest absolute Gasteiger partial charge is 0.319 e. The van der Waals surface area contributed by atoms with Crippen LogP contribution in [0.4, 0.5) is 14.6 Å². The number of aromatic nitrogens is 3. The van der Waals surface area contributed by atoms with E-state index in [-0.39, 0.29) is 34.6 Å². The SMILES string of the molecule is CCc1c(F)ccc2cccc(-c3ncc4c(N5CCC[C@]6(O)CC56)nc(OCC56CCCN5CCC6)nc4c3F)c12. The Morgan fingerprint density at radius 2 is 1.83 bits per heavy atom. The zero-order chi connectivity index (χ0) is 28.6. The van der Waals surface area contributed by atoms with Crippen molar-refractivity contribution >= 4 is 27.5 Å². The minimum Gasteiger partial charge on any atom is -0.461 e. The molecule has 1 N–H and O–H groups in total. The average molecular weight is 572 g/mol. The molecule has 0 amide bonds. The lowest BCUT2D eigenvalue weighted by Gasteiger charge is -2.32. The highest BCUT2D eigenvalue weighted by Gasteiger charge is 2.58. The Morgan fingerprint density at radius 3 is 2.64 bits per heavy atom.